The predicted octanol–water partition coefficient (Wildman–Crippen LogP) is 3.13. The van der Waals surface area contributed by atoms with Gasteiger partial charge < -0.3 is 4.90 Å². The van der Waals surface area contributed by atoms with Crippen molar-refractivity contribution in [3.8, 4) is 0 Å². The molecule has 0 aromatic rings. The summed E-state index contributed by atoms with van der Waals surface area (Å²) in [6.07, 6.45) is 8.60. The van der Waals surface area contributed by atoms with Gasteiger partial charge in [0.15, 0.2) is 0 Å². The minimum absolute atomic E-state index is 0.770. The van der Waals surface area contributed by atoms with Crippen molar-refractivity contribution in [2.24, 2.45) is 11.8 Å². The van der Waals surface area contributed by atoms with E-state index < -0.39 is 0 Å². The van der Waals surface area contributed by atoms with Gasteiger partial charge in [-0.05, 0) is 44.1 Å². The molecule has 0 aromatic carbocycles. The maximum absolute atomic E-state index is 5.94. The van der Waals surface area contributed by atoms with E-state index in [9.17, 15) is 0 Å². The Morgan fingerprint density at radius 2 is 1.71 bits per heavy atom. The molecule has 82 valence electrons. The standard InChI is InChI=1S/C12H22ClN/c13-8-12-6-3-7-14(10-12)9-11-4-1-2-5-11/h11-12H,1-10H2. The maximum Gasteiger partial charge on any atom is 0.0263 e. The molecule has 1 aliphatic carbocycles. The fourth-order valence-corrected chi connectivity index (χ4v) is 3.25. The summed E-state index contributed by atoms with van der Waals surface area (Å²) >= 11 is 5.94. The molecule has 1 heterocycles. The molecule has 0 N–H and O–H groups in total. The van der Waals surface area contributed by atoms with Crippen LogP contribution in [-0.2, 0) is 0 Å². The summed E-state index contributed by atoms with van der Waals surface area (Å²) in [4.78, 5) is 2.66. The number of likely N-dealkylation sites (tertiary alicyclic amines) is 1. The van der Waals surface area contributed by atoms with Crippen LogP contribution in [0.3, 0.4) is 0 Å². The third-order valence-electron chi connectivity index (χ3n) is 3.81. The van der Waals surface area contributed by atoms with Gasteiger partial charge in [0.05, 0.1) is 0 Å². The van der Waals surface area contributed by atoms with Gasteiger partial charge in [0.1, 0.15) is 0 Å². The lowest BCUT2D eigenvalue weighted by atomic mass is 9.98. The fourth-order valence-electron chi connectivity index (χ4n) is 3.00. The van der Waals surface area contributed by atoms with Crippen LogP contribution in [0.2, 0.25) is 0 Å². The molecule has 1 unspecified atom stereocenters. The third-order valence-corrected chi connectivity index (χ3v) is 4.25. The van der Waals surface area contributed by atoms with Crippen molar-refractivity contribution >= 4 is 11.6 Å². The second-order valence-electron chi connectivity index (χ2n) is 5.07. The van der Waals surface area contributed by atoms with Crippen molar-refractivity contribution < 1.29 is 0 Å². The Morgan fingerprint density at radius 1 is 1.00 bits per heavy atom. The molecule has 2 rings (SSSR count). The molecule has 0 bridgehead atoms. The molecule has 0 aromatic heterocycles. The highest BCUT2D eigenvalue weighted by Gasteiger charge is 2.23. The van der Waals surface area contributed by atoms with E-state index in [-0.39, 0.29) is 0 Å². The quantitative estimate of drug-likeness (QED) is 0.654. The molecule has 1 nitrogen and oxygen atoms in total. The number of alkyl halides is 1. The van der Waals surface area contributed by atoms with Gasteiger partial charge in [0.25, 0.3) is 0 Å². The molecule has 2 aliphatic rings. The maximum atomic E-state index is 5.94. The Kier molecular flexibility index (Phi) is 4.12. The van der Waals surface area contributed by atoms with Crippen LogP contribution in [0, 0.1) is 11.8 Å². The number of halogens is 1. The summed E-state index contributed by atoms with van der Waals surface area (Å²) in [6, 6.07) is 0. The normalized spacial score (nSPS) is 31.1. The van der Waals surface area contributed by atoms with Crippen LogP contribution < -0.4 is 0 Å². The van der Waals surface area contributed by atoms with Gasteiger partial charge in [-0.25, -0.2) is 0 Å². The highest BCUT2D eigenvalue weighted by molar-refractivity contribution is 6.18. The first-order valence-corrected chi connectivity index (χ1v) is 6.70. The lowest BCUT2D eigenvalue weighted by Crippen LogP contribution is -2.38. The molecule has 0 amide bonds. The molecule has 0 spiro atoms. The van der Waals surface area contributed by atoms with Gasteiger partial charge in [-0.15, -0.1) is 11.6 Å². The smallest absolute Gasteiger partial charge is 0.0263 e. The zero-order chi connectivity index (χ0) is 9.80. The average molecular weight is 216 g/mol. The highest BCUT2D eigenvalue weighted by Crippen LogP contribution is 2.27. The number of rotatable bonds is 3. The molecule has 0 radical (unpaired) electrons. The van der Waals surface area contributed by atoms with Gasteiger partial charge in [-0.2, -0.15) is 0 Å². The highest BCUT2D eigenvalue weighted by atomic mass is 35.5. The van der Waals surface area contributed by atoms with Gasteiger partial charge >= 0.3 is 0 Å². The predicted molar refractivity (Wildman–Crippen MR) is 61.8 cm³/mol. The zero-order valence-corrected chi connectivity index (χ0v) is 9.81. The fraction of sp³-hybridized carbons (Fsp3) is 1.00. The summed E-state index contributed by atoms with van der Waals surface area (Å²) in [5.41, 5.74) is 0. The van der Waals surface area contributed by atoms with Crippen LogP contribution in [0.1, 0.15) is 38.5 Å². The monoisotopic (exact) mass is 215 g/mol. The Morgan fingerprint density at radius 3 is 2.43 bits per heavy atom. The molecule has 1 saturated carbocycles. The van der Waals surface area contributed by atoms with Crippen LogP contribution in [0.15, 0.2) is 0 Å². The van der Waals surface area contributed by atoms with E-state index in [1.807, 2.05) is 0 Å². The van der Waals surface area contributed by atoms with Crippen molar-refractivity contribution in [3.05, 3.63) is 0 Å². The Labute approximate surface area is 92.8 Å². The lowest BCUT2D eigenvalue weighted by molar-refractivity contribution is 0.161. The first-order valence-electron chi connectivity index (χ1n) is 6.17. The zero-order valence-electron chi connectivity index (χ0n) is 9.05. The second kappa shape index (κ2) is 5.37. The average Bonchev–Trinajstić information content (AvgIpc) is 2.71. The van der Waals surface area contributed by atoms with Gasteiger partial charge in [0, 0.05) is 19.0 Å². The SMILES string of the molecule is ClCC1CCCN(CC2CCCC2)C1. The summed E-state index contributed by atoms with van der Waals surface area (Å²) in [7, 11) is 0. The van der Waals surface area contributed by atoms with Gasteiger partial charge in [-0.1, -0.05) is 12.8 Å². The molecule has 2 heteroatoms. The minimum Gasteiger partial charge on any atom is -0.303 e. The minimum atomic E-state index is 0.770. The van der Waals surface area contributed by atoms with Crippen molar-refractivity contribution in [1.29, 1.82) is 0 Å². The van der Waals surface area contributed by atoms with Crippen LogP contribution in [0.4, 0.5) is 0 Å². The largest absolute Gasteiger partial charge is 0.303 e. The molecule has 1 atom stereocenters. The summed E-state index contributed by atoms with van der Waals surface area (Å²) < 4.78 is 0. The number of nitrogens with zero attached hydrogens (tertiary/aromatic N) is 1. The van der Waals surface area contributed by atoms with E-state index in [4.69, 9.17) is 11.6 Å². The van der Waals surface area contributed by atoms with Gasteiger partial charge in [0.2, 0.25) is 0 Å². The topological polar surface area (TPSA) is 3.24 Å². The van der Waals surface area contributed by atoms with Crippen molar-refractivity contribution in [2.45, 2.75) is 38.5 Å². The summed E-state index contributed by atoms with van der Waals surface area (Å²) in [5, 5.41) is 0. The Bertz CT molecular complexity index is 166. The molecule has 14 heavy (non-hydrogen) atoms. The Balaban J connectivity index is 1.73. The summed E-state index contributed by atoms with van der Waals surface area (Å²) in [6.45, 7) is 3.94. The van der Waals surface area contributed by atoms with Crippen LogP contribution in [0.5, 0.6) is 0 Å². The first kappa shape index (κ1) is 10.8. The van der Waals surface area contributed by atoms with E-state index in [0.717, 1.165) is 17.7 Å². The lowest BCUT2D eigenvalue weighted by Gasteiger charge is -2.33. The first-order chi connectivity index (χ1) is 6.88. The molecular formula is C12H22ClN. The molecule has 1 aliphatic heterocycles. The van der Waals surface area contributed by atoms with E-state index in [0.29, 0.717) is 0 Å². The summed E-state index contributed by atoms with van der Waals surface area (Å²) in [5.74, 6) is 2.64. The van der Waals surface area contributed by atoms with Crippen LogP contribution in [0.25, 0.3) is 0 Å². The molecule has 1 saturated heterocycles. The number of hydrogen-bond donors (Lipinski definition) is 0. The van der Waals surface area contributed by atoms with Crippen LogP contribution >= 0.6 is 11.6 Å². The van der Waals surface area contributed by atoms with Crippen molar-refractivity contribution in [3.63, 3.8) is 0 Å². The van der Waals surface area contributed by atoms with Gasteiger partial charge in [-0.3, -0.25) is 0 Å². The van der Waals surface area contributed by atoms with Crippen LogP contribution in [-0.4, -0.2) is 30.4 Å². The van der Waals surface area contributed by atoms with Crippen molar-refractivity contribution in [2.75, 3.05) is 25.5 Å². The van der Waals surface area contributed by atoms with E-state index in [2.05, 4.69) is 4.90 Å². The number of piperidine rings is 1. The number of hydrogen-bond acceptors (Lipinski definition) is 1. The van der Waals surface area contributed by atoms with E-state index in [1.165, 1.54) is 58.2 Å². The van der Waals surface area contributed by atoms with E-state index >= 15 is 0 Å². The van der Waals surface area contributed by atoms with E-state index in [1.54, 1.807) is 0 Å². The second-order valence-corrected chi connectivity index (χ2v) is 5.38. The molecule has 2 fully saturated rings. The third kappa shape index (κ3) is 2.87. The van der Waals surface area contributed by atoms with Crippen molar-refractivity contribution in [1.82, 2.24) is 4.90 Å². The Hall–Kier alpha value is 0.250. The molecular weight excluding hydrogens is 194 g/mol.